The van der Waals surface area contributed by atoms with Crippen LogP contribution >= 0.6 is 23.2 Å². The van der Waals surface area contributed by atoms with Crippen LogP contribution in [0.4, 0.5) is 0 Å². The van der Waals surface area contributed by atoms with Gasteiger partial charge in [0.15, 0.2) is 0 Å². The average molecular weight is 381 g/mol. The van der Waals surface area contributed by atoms with E-state index in [9.17, 15) is 14.4 Å². The molecular weight excluding hydrogens is 363 g/mol. The highest BCUT2D eigenvalue weighted by atomic mass is 35.5. The van der Waals surface area contributed by atoms with Crippen molar-refractivity contribution in [2.24, 2.45) is 11.8 Å². The number of halogens is 2. The Morgan fingerprint density at radius 3 is 2.36 bits per heavy atom. The zero-order chi connectivity index (χ0) is 18.1. The van der Waals surface area contributed by atoms with Crippen molar-refractivity contribution < 1.29 is 14.4 Å². The molecule has 1 N–H and O–H groups in total. The second-order valence-electron chi connectivity index (χ2n) is 6.37. The predicted molar refractivity (Wildman–Crippen MR) is 95.1 cm³/mol. The Bertz CT molecular complexity index is 737. The highest BCUT2D eigenvalue weighted by molar-refractivity contribution is 6.35. The van der Waals surface area contributed by atoms with Crippen LogP contribution in [-0.2, 0) is 14.4 Å². The zero-order valence-electron chi connectivity index (χ0n) is 13.7. The molecule has 0 spiro atoms. The van der Waals surface area contributed by atoms with Crippen LogP contribution in [0.15, 0.2) is 30.4 Å². The summed E-state index contributed by atoms with van der Waals surface area (Å²) < 4.78 is 0. The van der Waals surface area contributed by atoms with Gasteiger partial charge in [0.2, 0.25) is 17.7 Å². The Balaban J connectivity index is 1.64. The minimum Gasteiger partial charge on any atom is -0.348 e. The maximum absolute atomic E-state index is 12.4. The predicted octanol–water partition coefficient (Wildman–Crippen LogP) is 3.12. The van der Waals surface area contributed by atoms with Gasteiger partial charge in [0.1, 0.15) is 6.54 Å². The fourth-order valence-corrected chi connectivity index (χ4v) is 3.96. The van der Waals surface area contributed by atoms with E-state index in [0.717, 1.165) is 10.5 Å². The lowest BCUT2D eigenvalue weighted by atomic mass is 9.85. The van der Waals surface area contributed by atoms with Gasteiger partial charge in [-0.1, -0.05) is 41.4 Å². The summed E-state index contributed by atoms with van der Waals surface area (Å²) >= 11 is 12.0. The first kappa shape index (κ1) is 18.0. The van der Waals surface area contributed by atoms with Gasteiger partial charge in [-0.15, -0.1) is 0 Å². The van der Waals surface area contributed by atoms with Crippen LogP contribution in [0.2, 0.25) is 10.0 Å². The van der Waals surface area contributed by atoms with Gasteiger partial charge < -0.3 is 5.32 Å². The Labute approximate surface area is 156 Å². The van der Waals surface area contributed by atoms with E-state index < -0.39 is 5.91 Å². The molecule has 25 heavy (non-hydrogen) atoms. The van der Waals surface area contributed by atoms with Gasteiger partial charge in [0.05, 0.1) is 17.9 Å². The number of imide groups is 1. The Hall–Kier alpha value is -1.85. The third-order valence-electron chi connectivity index (χ3n) is 4.71. The van der Waals surface area contributed by atoms with Crippen molar-refractivity contribution >= 4 is 40.9 Å². The van der Waals surface area contributed by atoms with Crippen molar-refractivity contribution in [1.29, 1.82) is 0 Å². The topological polar surface area (TPSA) is 66.5 Å². The number of hydrogen-bond donors (Lipinski definition) is 1. The molecule has 0 unspecified atom stereocenters. The monoisotopic (exact) mass is 380 g/mol. The molecule has 132 valence electrons. The molecule has 1 aliphatic carbocycles. The number of fused-ring (bicyclic) bond motifs is 1. The van der Waals surface area contributed by atoms with Crippen LogP contribution in [0.1, 0.15) is 31.4 Å². The molecule has 5 nitrogen and oxygen atoms in total. The quantitative estimate of drug-likeness (QED) is 0.644. The van der Waals surface area contributed by atoms with Crippen molar-refractivity contribution in [3.8, 4) is 0 Å². The Morgan fingerprint density at radius 2 is 1.80 bits per heavy atom. The summed E-state index contributed by atoms with van der Waals surface area (Å²) in [7, 11) is 0. The maximum Gasteiger partial charge on any atom is 0.240 e. The minimum absolute atomic E-state index is 0.258. The van der Waals surface area contributed by atoms with Gasteiger partial charge in [-0.05, 0) is 37.5 Å². The van der Waals surface area contributed by atoms with Crippen LogP contribution in [0.3, 0.4) is 0 Å². The number of allylic oxidation sites excluding steroid dienone is 2. The second kappa shape index (κ2) is 7.18. The fourth-order valence-electron chi connectivity index (χ4n) is 3.39. The van der Waals surface area contributed by atoms with Gasteiger partial charge in [0, 0.05) is 10.0 Å². The van der Waals surface area contributed by atoms with Crippen LogP contribution in [-0.4, -0.2) is 29.2 Å². The molecule has 0 saturated carbocycles. The second-order valence-corrected chi connectivity index (χ2v) is 7.22. The van der Waals surface area contributed by atoms with E-state index in [2.05, 4.69) is 5.32 Å². The SMILES string of the molecule is C[C@H](NC(=O)CN1C(=O)[C@H]2CC=CC[C@@H]2C1=O)c1ccc(Cl)cc1Cl. The molecular formula is C18H18Cl2N2O3. The molecule has 0 bridgehead atoms. The van der Waals surface area contributed by atoms with Crippen LogP contribution in [0, 0.1) is 11.8 Å². The maximum atomic E-state index is 12.4. The van der Waals surface area contributed by atoms with Crippen molar-refractivity contribution in [2.75, 3.05) is 6.54 Å². The molecule has 1 aromatic rings. The highest BCUT2D eigenvalue weighted by Gasteiger charge is 2.47. The molecule has 2 aliphatic rings. The van der Waals surface area contributed by atoms with Gasteiger partial charge in [-0.2, -0.15) is 0 Å². The third-order valence-corrected chi connectivity index (χ3v) is 5.27. The van der Waals surface area contributed by atoms with E-state index in [-0.39, 0.29) is 36.2 Å². The summed E-state index contributed by atoms with van der Waals surface area (Å²) in [4.78, 5) is 38.2. The molecule has 0 aromatic heterocycles. The van der Waals surface area contributed by atoms with Crippen LogP contribution in [0.25, 0.3) is 0 Å². The zero-order valence-corrected chi connectivity index (χ0v) is 15.2. The van der Waals surface area contributed by atoms with Crippen molar-refractivity contribution in [3.63, 3.8) is 0 Å². The normalized spacial score (nSPS) is 23.6. The summed E-state index contributed by atoms with van der Waals surface area (Å²) in [6, 6.07) is 4.67. The van der Waals surface area contributed by atoms with Crippen molar-refractivity contribution in [3.05, 3.63) is 46.0 Å². The number of amides is 3. The number of carbonyl (C=O) groups excluding carboxylic acids is 3. The number of hydrogen-bond acceptors (Lipinski definition) is 3. The molecule has 3 rings (SSSR count). The smallest absolute Gasteiger partial charge is 0.240 e. The van der Waals surface area contributed by atoms with Crippen LogP contribution in [0.5, 0.6) is 0 Å². The molecule has 7 heteroatoms. The lowest BCUT2D eigenvalue weighted by Gasteiger charge is -2.19. The molecule has 1 aromatic carbocycles. The number of likely N-dealkylation sites (tertiary alicyclic amines) is 1. The van der Waals surface area contributed by atoms with E-state index in [1.807, 2.05) is 12.2 Å². The highest BCUT2D eigenvalue weighted by Crippen LogP contribution is 2.35. The molecule has 0 radical (unpaired) electrons. The lowest BCUT2D eigenvalue weighted by Crippen LogP contribution is -2.41. The van der Waals surface area contributed by atoms with Gasteiger partial charge in [-0.25, -0.2) is 0 Å². The number of benzene rings is 1. The number of carbonyl (C=O) groups is 3. The third kappa shape index (κ3) is 3.58. The van der Waals surface area contributed by atoms with Gasteiger partial charge >= 0.3 is 0 Å². The molecule has 1 aliphatic heterocycles. The summed E-state index contributed by atoms with van der Waals surface area (Å²) in [5.74, 6) is -1.56. The Morgan fingerprint density at radius 1 is 1.20 bits per heavy atom. The van der Waals surface area contributed by atoms with E-state index in [1.165, 1.54) is 0 Å². The van der Waals surface area contributed by atoms with Crippen LogP contribution < -0.4 is 5.32 Å². The molecule has 1 saturated heterocycles. The first-order valence-corrected chi connectivity index (χ1v) is 8.88. The first-order valence-electron chi connectivity index (χ1n) is 8.13. The number of rotatable bonds is 4. The average Bonchev–Trinajstić information content (AvgIpc) is 2.80. The van der Waals surface area contributed by atoms with Gasteiger partial charge in [0.25, 0.3) is 0 Å². The molecule has 3 amide bonds. The molecule has 1 fully saturated rings. The van der Waals surface area contributed by atoms with E-state index in [0.29, 0.717) is 22.9 Å². The number of nitrogens with zero attached hydrogens (tertiary/aromatic N) is 1. The van der Waals surface area contributed by atoms with E-state index >= 15 is 0 Å². The molecule has 3 atom stereocenters. The lowest BCUT2D eigenvalue weighted by molar-refractivity contribution is -0.143. The standard InChI is InChI=1S/C18H18Cl2N2O3/c1-10(12-7-6-11(19)8-15(12)20)21-16(23)9-22-17(24)13-4-2-3-5-14(13)18(22)25/h2-3,6-8,10,13-14H,4-5,9H2,1H3,(H,21,23)/t10-,13-,14-/m0/s1. The minimum atomic E-state index is -0.396. The van der Waals surface area contributed by atoms with Crippen molar-refractivity contribution in [2.45, 2.75) is 25.8 Å². The summed E-state index contributed by atoms with van der Waals surface area (Å²) in [6.07, 6.45) is 4.95. The summed E-state index contributed by atoms with van der Waals surface area (Å²) in [5.41, 5.74) is 0.719. The van der Waals surface area contributed by atoms with Crippen molar-refractivity contribution in [1.82, 2.24) is 10.2 Å². The summed E-state index contributed by atoms with van der Waals surface area (Å²) in [5, 5.41) is 3.74. The largest absolute Gasteiger partial charge is 0.348 e. The molecule has 1 heterocycles. The van der Waals surface area contributed by atoms with E-state index in [4.69, 9.17) is 23.2 Å². The number of nitrogens with one attached hydrogen (secondary N) is 1. The fraction of sp³-hybridized carbons (Fsp3) is 0.389. The van der Waals surface area contributed by atoms with E-state index in [1.54, 1.807) is 25.1 Å². The van der Waals surface area contributed by atoms with Gasteiger partial charge in [-0.3, -0.25) is 19.3 Å². The Kier molecular flexibility index (Phi) is 5.16. The summed E-state index contributed by atoms with van der Waals surface area (Å²) in [6.45, 7) is 1.52. The first-order chi connectivity index (χ1) is 11.9.